The second-order valence-electron chi connectivity index (χ2n) is 18.1. The number of fused-ring (bicyclic) bond motifs is 5. The minimum atomic E-state index is -2.31. The summed E-state index contributed by atoms with van der Waals surface area (Å²) in [5.74, 6) is 4.95. The van der Waals surface area contributed by atoms with E-state index in [0.717, 1.165) is 35.5 Å². The van der Waals surface area contributed by atoms with Crippen LogP contribution in [-0.4, -0.2) is 120 Å². The van der Waals surface area contributed by atoms with Crippen molar-refractivity contribution in [3.8, 4) is 5.75 Å². The first kappa shape index (κ1) is 38.5. The number of anilines is 2. The lowest BCUT2D eigenvalue weighted by molar-refractivity contribution is -0.203. The number of nitrogens with two attached hydrogens (primary N) is 1. The zero-order valence-corrected chi connectivity index (χ0v) is 33.8. The van der Waals surface area contributed by atoms with Crippen molar-refractivity contribution in [2.24, 2.45) is 23.1 Å². The highest BCUT2D eigenvalue weighted by Gasteiger charge is 2.78. The van der Waals surface area contributed by atoms with Gasteiger partial charge in [0.15, 0.2) is 5.60 Å². The fourth-order valence-electron chi connectivity index (χ4n) is 13.3. The Bertz CT molecular complexity index is 2060. The number of aliphatic hydroxyl groups is 3. The molecule has 3 fully saturated rings. The predicted octanol–water partition coefficient (Wildman–Crippen LogP) is 2.33. The van der Waals surface area contributed by atoms with Gasteiger partial charge < -0.3 is 35.0 Å². The summed E-state index contributed by atoms with van der Waals surface area (Å²) in [5, 5.41) is 41.1. The topological polar surface area (TPSA) is 173 Å². The Morgan fingerprint density at radius 1 is 1.05 bits per heavy atom. The number of piperidine rings is 1. The highest BCUT2D eigenvalue weighted by atomic mass is 16.5. The van der Waals surface area contributed by atoms with Crippen LogP contribution in [0.4, 0.5) is 11.4 Å². The third-order valence-corrected chi connectivity index (χ3v) is 15.5. The molecule has 11 atom stereocenters. The van der Waals surface area contributed by atoms with Gasteiger partial charge in [0.25, 0.3) is 5.91 Å². The molecule has 2 aromatic rings. The number of benzene rings is 2. The molecule has 0 radical (unpaired) electrons. The third kappa shape index (κ3) is 5.02. The summed E-state index contributed by atoms with van der Waals surface area (Å²) in [6.45, 7) is 7.37. The predicted molar refractivity (Wildman–Crippen MR) is 215 cm³/mol. The molecule has 9 rings (SSSR count). The quantitative estimate of drug-likeness (QED) is 0.0833. The molecule has 2 aromatic carbocycles. The Hall–Kier alpha value is -3.98. The van der Waals surface area contributed by atoms with Crippen LogP contribution in [0.1, 0.15) is 62.6 Å². The lowest BCUT2D eigenvalue weighted by atomic mass is 9.47. The minimum absolute atomic E-state index is 0.0138. The van der Waals surface area contributed by atoms with E-state index in [-0.39, 0.29) is 17.9 Å². The number of esters is 1. The van der Waals surface area contributed by atoms with Crippen molar-refractivity contribution >= 4 is 23.3 Å². The second kappa shape index (κ2) is 13.3. The molecule has 7 N–H and O–H groups in total. The lowest BCUT2D eigenvalue weighted by Gasteiger charge is -2.63. The van der Waals surface area contributed by atoms with Gasteiger partial charge in [-0.15, -0.1) is 0 Å². The summed E-state index contributed by atoms with van der Waals surface area (Å²) >= 11 is 0. The van der Waals surface area contributed by atoms with Gasteiger partial charge in [0.2, 0.25) is 0 Å². The standard InChI is InChI=1S/C44H58N6O7/c1-6-40(54)21-27-22-43(39(53)57-5,34-18-26(23-49(24-27)25-40)17-28-11-8-9-12-31(28)46-34)30-19-29-32(20-33(30)56-4)48(3)36-42(29)14-16-50-15-10-13-41(7-2,35(42)50)37(51)44(36,55)38(52)47-45/h8-13,18-20,26-27,35-37,46,51,54-55H,6-7,14-17,21-25,45H2,1-5H3,(H,47,52)/t26?,27-,35-,36+,37+,40-,41+,42+,43-,44-/m0/s1. The van der Waals surface area contributed by atoms with Crippen LogP contribution in [0, 0.1) is 17.3 Å². The van der Waals surface area contributed by atoms with Crippen molar-refractivity contribution in [2.75, 3.05) is 64.2 Å². The summed E-state index contributed by atoms with van der Waals surface area (Å²) in [4.78, 5) is 36.0. The van der Waals surface area contributed by atoms with Crippen LogP contribution < -0.4 is 26.2 Å². The van der Waals surface area contributed by atoms with Crippen LogP contribution in [0.15, 0.2) is 60.3 Å². The van der Waals surface area contributed by atoms with Gasteiger partial charge in [-0.25, -0.2) is 5.84 Å². The molecular weight excluding hydrogens is 725 g/mol. The fourth-order valence-corrected chi connectivity index (χ4v) is 13.3. The maximum absolute atomic E-state index is 15.3. The maximum atomic E-state index is 15.3. The molecule has 1 aliphatic carbocycles. The zero-order chi connectivity index (χ0) is 40.3. The van der Waals surface area contributed by atoms with Gasteiger partial charge >= 0.3 is 5.97 Å². The number of aliphatic hydroxyl groups excluding tert-OH is 1. The van der Waals surface area contributed by atoms with E-state index in [1.54, 1.807) is 7.11 Å². The summed E-state index contributed by atoms with van der Waals surface area (Å²) in [6, 6.07) is 11.1. The van der Waals surface area contributed by atoms with Crippen LogP contribution in [0.25, 0.3) is 0 Å². The number of rotatable bonds is 6. The Morgan fingerprint density at radius 3 is 2.56 bits per heavy atom. The van der Waals surface area contributed by atoms with E-state index in [1.807, 2.05) is 56.1 Å². The van der Waals surface area contributed by atoms with E-state index in [2.05, 4.69) is 44.8 Å². The number of methoxy groups -OCH3 is 2. The minimum Gasteiger partial charge on any atom is -0.496 e. The van der Waals surface area contributed by atoms with Gasteiger partial charge in [-0.1, -0.05) is 50.3 Å². The van der Waals surface area contributed by atoms with Crippen molar-refractivity contribution in [3.63, 3.8) is 0 Å². The van der Waals surface area contributed by atoms with Crippen molar-refractivity contribution in [1.29, 1.82) is 0 Å². The smallest absolute Gasteiger partial charge is 0.322 e. The average molecular weight is 783 g/mol. The van der Waals surface area contributed by atoms with Gasteiger partial charge in [0.05, 0.1) is 25.9 Å². The van der Waals surface area contributed by atoms with Crippen LogP contribution in [0.3, 0.4) is 0 Å². The SMILES string of the molecule is CC[C@]1(O)C[C@@H]2CN(CC3C=C(Nc4ccccc4C3)[C@@](C(=O)OC)(c3cc4c(cc3OC)N(C)[C@H]3[C@@](O)(C(=O)NN)[C@H](O)[C@]5(CC)C=CCN6CC[C@]43[C@@H]65)C2)C1. The molecule has 13 heteroatoms. The molecule has 1 saturated carbocycles. The Labute approximate surface area is 334 Å². The fraction of sp³-hybridized carbons (Fsp3) is 0.591. The van der Waals surface area contributed by atoms with Crippen LogP contribution in [0.5, 0.6) is 5.75 Å². The molecular formula is C44H58N6O7. The first-order valence-electron chi connectivity index (χ1n) is 20.7. The molecule has 4 bridgehead atoms. The van der Waals surface area contributed by atoms with Crippen LogP contribution in [-0.2, 0) is 31.6 Å². The van der Waals surface area contributed by atoms with Crippen LogP contribution >= 0.6 is 0 Å². The monoisotopic (exact) mass is 782 g/mol. The van der Waals surface area contributed by atoms with Crippen LogP contribution in [0.2, 0.25) is 0 Å². The van der Waals surface area contributed by atoms with Crippen molar-refractivity contribution in [1.82, 2.24) is 15.2 Å². The zero-order valence-electron chi connectivity index (χ0n) is 33.8. The van der Waals surface area contributed by atoms with E-state index in [4.69, 9.17) is 15.3 Å². The molecule has 0 aromatic heterocycles. The van der Waals surface area contributed by atoms with Crippen molar-refractivity contribution < 1.29 is 34.4 Å². The first-order valence-corrected chi connectivity index (χ1v) is 20.7. The normalized spacial score (nSPS) is 40.1. The molecule has 306 valence electrons. The van der Waals surface area contributed by atoms with E-state index in [1.165, 1.54) is 7.11 Å². The van der Waals surface area contributed by atoms with E-state index in [0.29, 0.717) is 75.3 Å². The van der Waals surface area contributed by atoms with E-state index >= 15 is 4.79 Å². The Balaban J connectivity index is 1.34. The number of amides is 1. The number of hydrazine groups is 1. The molecule has 13 nitrogen and oxygen atoms in total. The number of carbonyl (C=O) groups is 2. The number of nitrogens with one attached hydrogen (secondary N) is 2. The highest BCUT2D eigenvalue weighted by molar-refractivity contribution is 5.93. The molecule has 6 aliphatic heterocycles. The number of likely N-dealkylation sites (N-methyl/N-ethyl adjacent to an activating group) is 1. The van der Waals surface area contributed by atoms with Crippen molar-refractivity contribution in [2.45, 2.75) is 92.6 Å². The highest BCUT2D eigenvalue weighted by Crippen LogP contribution is 2.67. The number of para-hydroxylation sites is 1. The molecule has 7 aliphatic rings. The maximum Gasteiger partial charge on any atom is 0.322 e. The number of nitrogens with zero attached hydrogens (tertiary/aromatic N) is 3. The number of ether oxygens (including phenoxy) is 2. The summed E-state index contributed by atoms with van der Waals surface area (Å²) in [7, 11) is 4.89. The molecule has 6 heterocycles. The van der Waals surface area contributed by atoms with Gasteiger partial charge in [-0.2, -0.15) is 0 Å². The molecule has 57 heavy (non-hydrogen) atoms. The van der Waals surface area contributed by atoms with Gasteiger partial charge in [-0.3, -0.25) is 24.8 Å². The molecule has 2 saturated heterocycles. The number of hydrogen-bond acceptors (Lipinski definition) is 12. The number of carbonyl (C=O) groups excluding carboxylic acids is 2. The van der Waals surface area contributed by atoms with Gasteiger partial charge in [0.1, 0.15) is 17.3 Å². The molecule has 1 spiro atoms. The summed E-state index contributed by atoms with van der Waals surface area (Å²) in [6.07, 6.45) is 8.04. The Morgan fingerprint density at radius 2 is 1.84 bits per heavy atom. The number of hydrogen-bond donors (Lipinski definition) is 6. The lowest BCUT2D eigenvalue weighted by Crippen LogP contribution is -2.82. The first-order chi connectivity index (χ1) is 27.3. The van der Waals surface area contributed by atoms with Gasteiger partial charge in [0, 0.05) is 78.8 Å². The average Bonchev–Trinajstić information content (AvgIpc) is 3.66. The molecule has 2 unspecified atom stereocenters. The molecule has 1 amide bonds. The van der Waals surface area contributed by atoms with E-state index < -0.39 is 51.5 Å². The Kier molecular flexibility index (Phi) is 8.97. The largest absolute Gasteiger partial charge is 0.496 e. The summed E-state index contributed by atoms with van der Waals surface area (Å²) in [5.41, 5.74) is 0.729. The summed E-state index contributed by atoms with van der Waals surface area (Å²) < 4.78 is 12.3. The second-order valence-corrected chi connectivity index (χ2v) is 18.1. The van der Waals surface area contributed by atoms with E-state index in [9.17, 15) is 20.1 Å². The van der Waals surface area contributed by atoms with Crippen molar-refractivity contribution in [3.05, 3.63) is 77.0 Å². The third-order valence-electron chi connectivity index (χ3n) is 15.5. The van der Waals surface area contributed by atoms with Gasteiger partial charge in [-0.05, 0) is 80.2 Å².